The molecule has 1 aromatic rings. The van der Waals surface area contributed by atoms with Crippen molar-refractivity contribution < 1.29 is 4.79 Å². The number of amides is 2. The first-order valence-electron chi connectivity index (χ1n) is 12.9. The fourth-order valence-corrected chi connectivity index (χ4v) is 5.58. The van der Waals surface area contributed by atoms with Crippen LogP contribution < -0.4 is 10.2 Å². The molecule has 3 aliphatic rings. The molecule has 0 atom stereocenters. The van der Waals surface area contributed by atoms with Gasteiger partial charge in [-0.15, -0.1) is 0 Å². The van der Waals surface area contributed by atoms with Crippen LogP contribution in [0.25, 0.3) is 0 Å². The van der Waals surface area contributed by atoms with Crippen LogP contribution in [0.1, 0.15) is 44.2 Å². The monoisotopic (exact) mass is 453 g/mol. The lowest BCUT2D eigenvalue weighted by atomic mass is 9.89. The summed E-state index contributed by atoms with van der Waals surface area (Å²) in [5.41, 5.74) is 4.42. The maximum absolute atomic E-state index is 12.3. The van der Waals surface area contributed by atoms with E-state index in [-0.39, 0.29) is 6.03 Å². The average molecular weight is 454 g/mol. The van der Waals surface area contributed by atoms with Gasteiger partial charge in [-0.2, -0.15) is 0 Å². The van der Waals surface area contributed by atoms with E-state index in [0.717, 1.165) is 42.7 Å². The van der Waals surface area contributed by atoms with Crippen LogP contribution in [-0.4, -0.2) is 79.8 Å². The molecule has 0 radical (unpaired) electrons. The van der Waals surface area contributed by atoms with Gasteiger partial charge in [-0.1, -0.05) is 32.6 Å². The van der Waals surface area contributed by atoms with Gasteiger partial charge in [-0.05, 0) is 68.3 Å². The van der Waals surface area contributed by atoms with Gasteiger partial charge in [0, 0.05) is 57.1 Å². The molecule has 1 N–H and O–H groups in total. The zero-order valence-corrected chi connectivity index (χ0v) is 21.0. The molecule has 0 unspecified atom stereocenters. The van der Waals surface area contributed by atoms with Gasteiger partial charge in [0.1, 0.15) is 0 Å². The maximum atomic E-state index is 12.3. The quantitative estimate of drug-likeness (QED) is 0.680. The zero-order valence-electron chi connectivity index (χ0n) is 21.0. The van der Waals surface area contributed by atoms with Gasteiger partial charge in [0.2, 0.25) is 0 Å². The molecule has 0 spiro atoms. The minimum absolute atomic E-state index is 0.0594. The summed E-state index contributed by atoms with van der Waals surface area (Å²) < 4.78 is 0. The lowest BCUT2D eigenvalue weighted by Gasteiger charge is -2.40. The second-order valence-corrected chi connectivity index (χ2v) is 10.8. The number of hydrogen-bond donors (Lipinski definition) is 1. The third-order valence-corrected chi connectivity index (χ3v) is 7.44. The Morgan fingerprint density at radius 1 is 1.00 bits per heavy atom. The standard InChI is InChI=1S/C27H43N5O/c1-21(2)19-29-13-15-31(16-14-29)20-30-10-8-24(9-11-30)18-25-5-6-26(22(3)17-25)32-12-7-23(4)28-27(32)33/h5-6,17,21,24H,4,7-16,18-20H2,1-3H3,(H,28,33). The van der Waals surface area contributed by atoms with E-state index in [9.17, 15) is 4.79 Å². The third kappa shape index (κ3) is 6.58. The molecule has 1 aromatic carbocycles. The van der Waals surface area contributed by atoms with Crippen LogP contribution >= 0.6 is 0 Å². The van der Waals surface area contributed by atoms with E-state index in [1.54, 1.807) is 0 Å². The van der Waals surface area contributed by atoms with Crippen LogP contribution in [0.5, 0.6) is 0 Å². The summed E-state index contributed by atoms with van der Waals surface area (Å²) in [4.78, 5) is 22.1. The summed E-state index contributed by atoms with van der Waals surface area (Å²) in [5, 5.41) is 2.86. The summed E-state index contributed by atoms with van der Waals surface area (Å²) in [6, 6.07) is 6.58. The first-order valence-corrected chi connectivity index (χ1v) is 12.9. The minimum Gasteiger partial charge on any atom is -0.312 e. The van der Waals surface area contributed by atoms with E-state index in [2.05, 4.69) is 65.6 Å². The number of piperidine rings is 1. The number of likely N-dealkylation sites (tertiary alicyclic amines) is 1. The average Bonchev–Trinajstić information content (AvgIpc) is 2.77. The lowest BCUT2D eigenvalue weighted by Crippen LogP contribution is -2.51. The minimum atomic E-state index is -0.0594. The molecular formula is C27H43N5O. The molecule has 0 saturated carbocycles. The van der Waals surface area contributed by atoms with Crippen molar-refractivity contribution in [2.24, 2.45) is 11.8 Å². The van der Waals surface area contributed by atoms with E-state index in [1.807, 2.05) is 4.90 Å². The summed E-state index contributed by atoms with van der Waals surface area (Å²) in [7, 11) is 0. The third-order valence-electron chi connectivity index (χ3n) is 7.44. The predicted octanol–water partition coefficient (Wildman–Crippen LogP) is 3.91. The molecule has 3 fully saturated rings. The van der Waals surface area contributed by atoms with Crippen molar-refractivity contribution in [1.29, 1.82) is 0 Å². The highest BCUT2D eigenvalue weighted by Gasteiger charge is 2.25. The molecule has 6 heteroatoms. The van der Waals surface area contributed by atoms with Gasteiger partial charge in [-0.25, -0.2) is 4.79 Å². The maximum Gasteiger partial charge on any atom is 0.326 e. The number of rotatable bonds is 7. The molecule has 3 aliphatic heterocycles. The van der Waals surface area contributed by atoms with Crippen molar-refractivity contribution in [3.05, 3.63) is 41.6 Å². The highest BCUT2D eigenvalue weighted by molar-refractivity contribution is 5.94. The van der Waals surface area contributed by atoms with Crippen LogP contribution in [0.2, 0.25) is 0 Å². The smallest absolute Gasteiger partial charge is 0.312 e. The van der Waals surface area contributed by atoms with Crippen LogP contribution in [0.3, 0.4) is 0 Å². The normalized spacial score (nSPS) is 22.2. The second kappa shape index (κ2) is 11.0. The summed E-state index contributed by atoms with van der Waals surface area (Å²) in [6.45, 7) is 21.0. The Hall–Kier alpha value is -1.89. The van der Waals surface area contributed by atoms with Crippen molar-refractivity contribution in [1.82, 2.24) is 20.0 Å². The Kier molecular flexibility index (Phi) is 8.10. The number of nitrogens with zero attached hydrogens (tertiary/aromatic N) is 4. The number of piperazine rings is 1. The Morgan fingerprint density at radius 2 is 1.67 bits per heavy atom. The fourth-order valence-electron chi connectivity index (χ4n) is 5.58. The number of urea groups is 1. The van der Waals surface area contributed by atoms with Crippen molar-refractivity contribution in [2.45, 2.75) is 46.5 Å². The summed E-state index contributed by atoms with van der Waals surface area (Å²) in [5.74, 6) is 1.52. The van der Waals surface area contributed by atoms with Crippen LogP contribution in [0, 0.1) is 18.8 Å². The number of hydrogen-bond acceptors (Lipinski definition) is 4. The van der Waals surface area contributed by atoms with Gasteiger partial charge >= 0.3 is 6.03 Å². The summed E-state index contributed by atoms with van der Waals surface area (Å²) in [6.07, 6.45) is 4.51. The van der Waals surface area contributed by atoms with Crippen molar-refractivity contribution in [3.63, 3.8) is 0 Å². The Morgan fingerprint density at radius 3 is 2.30 bits per heavy atom. The molecule has 0 aromatic heterocycles. The zero-order chi connectivity index (χ0) is 23.4. The number of anilines is 1. The largest absolute Gasteiger partial charge is 0.326 e. The van der Waals surface area contributed by atoms with Gasteiger partial charge < -0.3 is 10.2 Å². The molecule has 3 heterocycles. The van der Waals surface area contributed by atoms with E-state index < -0.39 is 0 Å². The molecule has 182 valence electrons. The molecular weight excluding hydrogens is 410 g/mol. The Balaban J connectivity index is 1.21. The number of benzene rings is 1. The molecule has 0 bridgehead atoms. The summed E-state index contributed by atoms with van der Waals surface area (Å²) >= 11 is 0. The highest BCUT2D eigenvalue weighted by Crippen LogP contribution is 2.27. The van der Waals surface area contributed by atoms with Crippen LogP contribution in [0.4, 0.5) is 10.5 Å². The van der Waals surface area contributed by atoms with Gasteiger partial charge in [0.05, 0.1) is 6.67 Å². The fraction of sp³-hybridized carbons (Fsp3) is 0.667. The Labute approximate surface area is 200 Å². The predicted molar refractivity (Wildman–Crippen MR) is 137 cm³/mol. The second-order valence-electron chi connectivity index (χ2n) is 10.8. The molecule has 4 rings (SSSR count). The van der Waals surface area contributed by atoms with E-state index in [0.29, 0.717) is 6.54 Å². The number of carbonyl (C=O) groups excluding carboxylic acids is 1. The van der Waals surface area contributed by atoms with Gasteiger partial charge in [-0.3, -0.25) is 14.7 Å². The molecule has 6 nitrogen and oxygen atoms in total. The SMILES string of the molecule is C=C1CCN(c2ccc(CC3CCN(CN4CCN(CC(C)C)CC4)CC3)cc2C)C(=O)N1. The molecule has 3 saturated heterocycles. The number of carbonyl (C=O) groups is 1. The first kappa shape index (κ1) is 24.2. The van der Waals surface area contributed by atoms with Crippen LogP contribution in [0.15, 0.2) is 30.5 Å². The Bertz CT molecular complexity index is 822. The van der Waals surface area contributed by atoms with E-state index in [4.69, 9.17) is 0 Å². The lowest BCUT2D eigenvalue weighted by molar-refractivity contribution is 0.0527. The molecule has 2 amide bonds. The van der Waals surface area contributed by atoms with Crippen LogP contribution in [-0.2, 0) is 6.42 Å². The van der Waals surface area contributed by atoms with E-state index in [1.165, 1.54) is 69.8 Å². The van der Waals surface area contributed by atoms with Gasteiger partial charge in [0.15, 0.2) is 0 Å². The van der Waals surface area contributed by atoms with Gasteiger partial charge in [0.25, 0.3) is 0 Å². The first-order chi connectivity index (χ1) is 15.9. The topological polar surface area (TPSA) is 42.1 Å². The highest BCUT2D eigenvalue weighted by atomic mass is 16.2. The molecule has 0 aliphatic carbocycles. The number of aryl methyl sites for hydroxylation is 1. The van der Waals surface area contributed by atoms with Crippen molar-refractivity contribution in [2.75, 3.05) is 63.9 Å². The van der Waals surface area contributed by atoms with Crippen molar-refractivity contribution in [3.8, 4) is 0 Å². The van der Waals surface area contributed by atoms with E-state index >= 15 is 0 Å². The molecule has 33 heavy (non-hydrogen) atoms. The number of nitrogens with one attached hydrogen (secondary N) is 1. The van der Waals surface area contributed by atoms with Crippen molar-refractivity contribution >= 4 is 11.7 Å².